The topological polar surface area (TPSA) is 106 Å². The Hall–Kier alpha value is -4.82. The van der Waals surface area contributed by atoms with E-state index >= 15 is 0 Å². The van der Waals surface area contributed by atoms with E-state index in [1.807, 2.05) is 59.8 Å². The standard InChI is InChI=1S/C26H28N4O2.C18H19BrN4O/c1-19(31)22-3-2-4-23(15-22)25-17-28-30-18-24(16-27-26(25)30)21-7-5-20(6-8-21)9-10-29-11-13-32-14-12-29;19-17-12-21-23-13-16(11-20-18(17)23)15-3-1-14(2-4-15)5-6-22-7-9-24-10-8-22/h2-8,15-19,31H,9-14H2,1H3;1-4,11-13H,5-10H2. The van der Waals surface area contributed by atoms with Crippen LogP contribution in [0.4, 0.5) is 0 Å². The highest BCUT2D eigenvalue weighted by Gasteiger charge is 2.14. The van der Waals surface area contributed by atoms with Gasteiger partial charge in [0, 0.05) is 80.7 Å². The first-order valence-corrected chi connectivity index (χ1v) is 20.2. The van der Waals surface area contributed by atoms with Crippen LogP contribution in [0.5, 0.6) is 0 Å². The van der Waals surface area contributed by atoms with E-state index in [4.69, 9.17) is 14.5 Å². The molecule has 11 nitrogen and oxygen atoms in total. The molecule has 0 bridgehead atoms. The van der Waals surface area contributed by atoms with E-state index in [9.17, 15) is 5.11 Å². The van der Waals surface area contributed by atoms with Crippen molar-refractivity contribution in [3.8, 4) is 33.4 Å². The van der Waals surface area contributed by atoms with Gasteiger partial charge in [-0.2, -0.15) is 10.2 Å². The molecule has 3 aromatic carbocycles. The first-order chi connectivity index (χ1) is 27.5. The molecule has 56 heavy (non-hydrogen) atoms. The Balaban J connectivity index is 0.000000164. The number of hydrogen-bond acceptors (Lipinski definition) is 9. The zero-order valence-corrected chi connectivity index (χ0v) is 33.3. The van der Waals surface area contributed by atoms with Gasteiger partial charge in [0.2, 0.25) is 0 Å². The van der Waals surface area contributed by atoms with E-state index in [1.165, 1.54) is 11.1 Å². The lowest BCUT2D eigenvalue weighted by Crippen LogP contribution is -2.37. The summed E-state index contributed by atoms with van der Waals surface area (Å²) in [5, 5.41) is 18.7. The predicted molar refractivity (Wildman–Crippen MR) is 223 cm³/mol. The lowest BCUT2D eigenvalue weighted by Gasteiger charge is -2.26. The number of rotatable bonds is 10. The third kappa shape index (κ3) is 9.24. The molecule has 0 spiro atoms. The fraction of sp³-hybridized carbons (Fsp3) is 0.318. The van der Waals surface area contributed by atoms with Gasteiger partial charge in [-0.05, 0) is 75.1 Å². The molecule has 0 saturated carbocycles. The summed E-state index contributed by atoms with van der Waals surface area (Å²) in [6, 6.07) is 25.4. The van der Waals surface area contributed by atoms with Crippen molar-refractivity contribution in [2.24, 2.45) is 0 Å². The molecule has 0 amide bonds. The predicted octanol–water partition coefficient (Wildman–Crippen LogP) is 7.02. The second-order valence-corrected chi connectivity index (χ2v) is 15.2. The number of fused-ring (bicyclic) bond motifs is 2. The van der Waals surface area contributed by atoms with E-state index in [-0.39, 0.29) is 0 Å². The average Bonchev–Trinajstić information content (AvgIpc) is 3.86. The maximum absolute atomic E-state index is 9.90. The monoisotopic (exact) mass is 814 g/mol. The van der Waals surface area contributed by atoms with Gasteiger partial charge < -0.3 is 14.6 Å². The molecule has 2 fully saturated rings. The SMILES string of the molecule is Brc1cnn2cc(-c3ccc(CCN4CCOCC4)cc3)cnc12.CC(O)c1cccc(-c2cnn3cc(-c4ccc(CCN5CCOCC5)cc4)cnc23)c1. The van der Waals surface area contributed by atoms with Gasteiger partial charge in [0.1, 0.15) is 0 Å². The van der Waals surface area contributed by atoms with Gasteiger partial charge in [-0.3, -0.25) is 9.80 Å². The van der Waals surface area contributed by atoms with Gasteiger partial charge in [-0.1, -0.05) is 66.7 Å². The van der Waals surface area contributed by atoms with E-state index in [2.05, 4.69) is 89.4 Å². The fourth-order valence-electron chi connectivity index (χ4n) is 7.14. The Kier molecular flexibility index (Phi) is 12.2. The Morgan fingerprint density at radius 2 is 1.14 bits per heavy atom. The third-order valence-corrected chi connectivity index (χ3v) is 11.1. The summed E-state index contributed by atoms with van der Waals surface area (Å²) in [5.74, 6) is 0. The number of halogens is 1. The quantitative estimate of drug-likeness (QED) is 0.156. The number of aromatic nitrogens is 6. The lowest BCUT2D eigenvalue weighted by molar-refractivity contribution is 0.0384. The summed E-state index contributed by atoms with van der Waals surface area (Å²) >= 11 is 3.45. The van der Waals surface area contributed by atoms with Crippen LogP contribution < -0.4 is 0 Å². The van der Waals surface area contributed by atoms with Gasteiger partial charge in [0.25, 0.3) is 0 Å². The summed E-state index contributed by atoms with van der Waals surface area (Å²) in [7, 11) is 0. The Morgan fingerprint density at radius 1 is 0.625 bits per heavy atom. The number of aliphatic hydroxyl groups is 1. The molecule has 1 unspecified atom stereocenters. The fourth-order valence-corrected chi connectivity index (χ4v) is 7.52. The molecule has 4 aromatic heterocycles. The smallest absolute Gasteiger partial charge is 0.169 e. The summed E-state index contributed by atoms with van der Waals surface area (Å²) in [6.07, 6.45) is 13.0. The minimum atomic E-state index is -0.506. The Bertz CT molecular complexity index is 2350. The van der Waals surface area contributed by atoms with Gasteiger partial charge >= 0.3 is 0 Å². The summed E-state index contributed by atoms with van der Waals surface area (Å²) in [5.41, 5.74) is 11.6. The summed E-state index contributed by atoms with van der Waals surface area (Å²) in [4.78, 5) is 14.1. The first-order valence-electron chi connectivity index (χ1n) is 19.4. The highest BCUT2D eigenvalue weighted by atomic mass is 79.9. The number of morpholine rings is 2. The molecule has 1 atom stereocenters. The van der Waals surface area contributed by atoms with Crippen LogP contribution >= 0.6 is 15.9 Å². The largest absolute Gasteiger partial charge is 0.389 e. The van der Waals surface area contributed by atoms with Crippen LogP contribution in [0, 0.1) is 0 Å². The van der Waals surface area contributed by atoms with Crippen molar-refractivity contribution in [2.75, 3.05) is 65.7 Å². The normalized spacial score (nSPS) is 15.8. The molecule has 0 aliphatic carbocycles. The number of benzene rings is 3. The molecule has 2 aliphatic heterocycles. The van der Waals surface area contributed by atoms with Crippen LogP contribution in [0.3, 0.4) is 0 Å². The van der Waals surface area contributed by atoms with Crippen LogP contribution in [0.2, 0.25) is 0 Å². The second kappa shape index (κ2) is 18.0. The Labute approximate surface area is 335 Å². The van der Waals surface area contributed by atoms with E-state index in [1.54, 1.807) is 17.6 Å². The minimum absolute atomic E-state index is 0.506. The number of ether oxygens (including phenoxy) is 2. The molecule has 1 N–H and O–H groups in total. The summed E-state index contributed by atoms with van der Waals surface area (Å²) in [6.45, 7) is 11.5. The van der Waals surface area contributed by atoms with Gasteiger partial charge in [-0.25, -0.2) is 19.0 Å². The van der Waals surface area contributed by atoms with E-state index in [0.29, 0.717) is 0 Å². The first kappa shape index (κ1) is 38.1. The average molecular weight is 816 g/mol. The van der Waals surface area contributed by atoms with Gasteiger partial charge in [-0.15, -0.1) is 0 Å². The molecule has 6 heterocycles. The van der Waals surface area contributed by atoms with Crippen molar-refractivity contribution >= 4 is 27.2 Å². The van der Waals surface area contributed by atoms with Gasteiger partial charge in [0.05, 0.1) is 49.4 Å². The van der Waals surface area contributed by atoms with Crippen molar-refractivity contribution in [3.63, 3.8) is 0 Å². The number of aliphatic hydroxyl groups excluding tert-OH is 1. The zero-order valence-electron chi connectivity index (χ0n) is 31.7. The Morgan fingerprint density at radius 3 is 1.70 bits per heavy atom. The van der Waals surface area contributed by atoms with E-state index in [0.717, 1.165) is 133 Å². The van der Waals surface area contributed by atoms with Crippen molar-refractivity contribution in [1.82, 2.24) is 39.0 Å². The van der Waals surface area contributed by atoms with Crippen molar-refractivity contribution in [3.05, 3.63) is 131 Å². The third-order valence-electron chi connectivity index (χ3n) is 10.6. The minimum Gasteiger partial charge on any atom is -0.389 e. The van der Waals surface area contributed by atoms with Crippen LogP contribution in [0.25, 0.3) is 44.7 Å². The maximum Gasteiger partial charge on any atom is 0.169 e. The molecule has 12 heteroatoms. The number of nitrogens with zero attached hydrogens (tertiary/aromatic N) is 8. The van der Waals surface area contributed by atoms with Crippen LogP contribution in [-0.4, -0.2) is 110 Å². The second-order valence-electron chi connectivity index (χ2n) is 14.4. The molecular weight excluding hydrogens is 768 g/mol. The van der Waals surface area contributed by atoms with Gasteiger partial charge in [0.15, 0.2) is 11.3 Å². The lowest BCUT2D eigenvalue weighted by atomic mass is 10.0. The van der Waals surface area contributed by atoms with Crippen LogP contribution in [0.15, 0.2) is 114 Å². The van der Waals surface area contributed by atoms with Crippen molar-refractivity contribution in [1.29, 1.82) is 0 Å². The molecule has 7 aromatic rings. The molecule has 0 radical (unpaired) electrons. The zero-order chi connectivity index (χ0) is 38.3. The summed E-state index contributed by atoms with van der Waals surface area (Å²) < 4.78 is 15.3. The van der Waals surface area contributed by atoms with Crippen LogP contribution in [-0.2, 0) is 22.3 Å². The van der Waals surface area contributed by atoms with Crippen molar-refractivity contribution < 1.29 is 14.6 Å². The molecule has 288 valence electrons. The molecule has 9 rings (SSSR count). The molecule has 2 saturated heterocycles. The highest BCUT2D eigenvalue weighted by Crippen LogP contribution is 2.28. The molecular formula is C44H47BrN8O3. The van der Waals surface area contributed by atoms with E-state index < -0.39 is 6.10 Å². The highest BCUT2D eigenvalue weighted by molar-refractivity contribution is 9.10. The van der Waals surface area contributed by atoms with Crippen molar-refractivity contribution in [2.45, 2.75) is 25.9 Å². The maximum atomic E-state index is 9.90. The number of hydrogen-bond donors (Lipinski definition) is 1. The molecule has 2 aliphatic rings. The van der Waals surface area contributed by atoms with Crippen LogP contribution in [0.1, 0.15) is 29.7 Å².